The second kappa shape index (κ2) is 6.04. The van der Waals surface area contributed by atoms with Crippen LogP contribution in [0.15, 0.2) is 36.1 Å². The van der Waals surface area contributed by atoms with Gasteiger partial charge in [0.2, 0.25) is 5.76 Å². The minimum atomic E-state index is -1.34. The smallest absolute Gasteiger partial charge is 0.475 e. The predicted molar refractivity (Wildman–Crippen MR) is 69.4 cm³/mol. The minimum absolute atomic E-state index is 0.486. The number of hydrogen-bond donors (Lipinski definition) is 1. The Hall–Kier alpha value is -2.30. The lowest BCUT2D eigenvalue weighted by Crippen LogP contribution is -2.25. The van der Waals surface area contributed by atoms with Gasteiger partial charge < -0.3 is 14.6 Å². The topological polar surface area (TPSA) is 72.8 Å². The lowest BCUT2D eigenvalue weighted by atomic mass is 10.2. The molecule has 0 fully saturated rings. The van der Waals surface area contributed by atoms with Crippen molar-refractivity contribution in [2.24, 2.45) is 0 Å². The van der Waals surface area contributed by atoms with E-state index in [4.69, 9.17) is 14.6 Å². The monoisotopic (exact) mass is 264 g/mol. The zero-order chi connectivity index (χ0) is 14.5. The Morgan fingerprint density at radius 2 is 1.74 bits per heavy atom. The van der Waals surface area contributed by atoms with Crippen molar-refractivity contribution >= 4 is 18.2 Å². The van der Waals surface area contributed by atoms with Crippen LogP contribution in [0, 0.1) is 0 Å². The van der Waals surface area contributed by atoms with Crippen molar-refractivity contribution in [1.29, 1.82) is 0 Å². The Morgan fingerprint density at radius 1 is 1.16 bits per heavy atom. The van der Waals surface area contributed by atoms with Crippen LogP contribution in [0.4, 0.5) is 4.79 Å². The van der Waals surface area contributed by atoms with Gasteiger partial charge in [0.05, 0.1) is 0 Å². The largest absolute Gasteiger partial charge is 0.514 e. The van der Waals surface area contributed by atoms with Gasteiger partial charge in [-0.15, -0.1) is 0 Å². The van der Waals surface area contributed by atoms with Gasteiger partial charge in [-0.2, -0.15) is 0 Å². The molecule has 0 heterocycles. The normalized spacial score (nSPS) is 11.8. The average molecular weight is 264 g/mol. The summed E-state index contributed by atoms with van der Waals surface area (Å²) in [6, 6.07) is 8.69. The molecular weight excluding hydrogens is 248 g/mol. The van der Waals surface area contributed by atoms with E-state index in [-0.39, 0.29) is 0 Å². The quantitative estimate of drug-likeness (QED) is 0.516. The fraction of sp³-hybridized carbons (Fsp3) is 0.286. The van der Waals surface area contributed by atoms with Crippen LogP contribution in [0.3, 0.4) is 0 Å². The molecule has 0 aliphatic heterocycles. The van der Waals surface area contributed by atoms with Crippen LogP contribution in [0.25, 0.3) is 6.08 Å². The number of benzene rings is 1. The summed E-state index contributed by atoms with van der Waals surface area (Å²) < 4.78 is 9.58. The van der Waals surface area contributed by atoms with Crippen LogP contribution in [0.2, 0.25) is 0 Å². The maximum absolute atomic E-state index is 11.4. The van der Waals surface area contributed by atoms with Crippen molar-refractivity contribution in [3.63, 3.8) is 0 Å². The molecule has 0 amide bonds. The number of carboxylic acids is 1. The van der Waals surface area contributed by atoms with Gasteiger partial charge in [0.15, 0.2) is 0 Å². The maximum atomic E-state index is 11.4. The van der Waals surface area contributed by atoms with Gasteiger partial charge in [-0.05, 0) is 32.4 Å². The summed E-state index contributed by atoms with van der Waals surface area (Å²) in [7, 11) is 0. The van der Waals surface area contributed by atoms with Gasteiger partial charge in [0.25, 0.3) is 0 Å². The molecule has 19 heavy (non-hydrogen) atoms. The molecule has 102 valence electrons. The summed E-state index contributed by atoms with van der Waals surface area (Å²) >= 11 is 0. The number of carbonyl (C=O) groups excluding carboxylic acids is 1. The minimum Gasteiger partial charge on any atom is -0.475 e. The molecule has 0 aliphatic carbocycles. The van der Waals surface area contributed by atoms with Crippen LogP contribution in [0.1, 0.15) is 26.3 Å². The first-order valence-electron chi connectivity index (χ1n) is 5.69. The molecule has 5 heteroatoms. The molecule has 0 aromatic heterocycles. The Morgan fingerprint density at radius 3 is 2.21 bits per heavy atom. The van der Waals surface area contributed by atoms with E-state index in [1.165, 1.54) is 6.08 Å². The van der Waals surface area contributed by atoms with Crippen LogP contribution >= 0.6 is 0 Å². The third-order valence-electron chi connectivity index (χ3n) is 1.89. The summed E-state index contributed by atoms with van der Waals surface area (Å²) in [4.78, 5) is 22.4. The molecule has 0 aliphatic rings. The Bertz CT molecular complexity index is 482. The lowest BCUT2D eigenvalue weighted by molar-refractivity contribution is -0.136. The van der Waals surface area contributed by atoms with Crippen molar-refractivity contribution in [1.82, 2.24) is 0 Å². The van der Waals surface area contributed by atoms with E-state index in [0.717, 1.165) is 0 Å². The fourth-order valence-electron chi connectivity index (χ4n) is 1.20. The van der Waals surface area contributed by atoms with E-state index in [1.807, 2.05) is 0 Å². The molecule has 1 N–H and O–H groups in total. The zero-order valence-corrected chi connectivity index (χ0v) is 11.0. The molecule has 5 nitrogen and oxygen atoms in total. The number of carboxylic acid groups (broad SMARTS) is 1. The van der Waals surface area contributed by atoms with E-state index < -0.39 is 23.5 Å². The highest BCUT2D eigenvalue weighted by Crippen LogP contribution is 2.13. The highest BCUT2D eigenvalue weighted by atomic mass is 16.7. The van der Waals surface area contributed by atoms with Crippen LogP contribution < -0.4 is 0 Å². The van der Waals surface area contributed by atoms with Crippen molar-refractivity contribution in [2.75, 3.05) is 0 Å². The maximum Gasteiger partial charge on any atom is 0.514 e. The molecule has 0 saturated heterocycles. The van der Waals surface area contributed by atoms with Crippen molar-refractivity contribution in [3.05, 3.63) is 41.7 Å². The third-order valence-corrected chi connectivity index (χ3v) is 1.89. The van der Waals surface area contributed by atoms with E-state index in [0.29, 0.717) is 5.56 Å². The highest BCUT2D eigenvalue weighted by Gasteiger charge is 2.21. The third kappa shape index (κ3) is 5.72. The van der Waals surface area contributed by atoms with E-state index >= 15 is 0 Å². The average Bonchev–Trinajstić information content (AvgIpc) is 2.26. The number of aliphatic carboxylic acids is 1. The molecule has 0 radical (unpaired) electrons. The zero-order valence-electron chi connectivity index (χ0n) is 11.0. The summed E-state index contributed by atoms with van der Waals surface area (Å²) in [5.74, 6) is -1.82. The van der Waals surface area contributed by atoms with Crippen LogP contribution in [-0.2, 0) is 14.3 Å². The van der Waals surface area contributed by atoms with Gasteiger partial charge in [-0.25, -0.2) is 9.59 Å². The summed E-state index contributed by atoms with van der Waals surface area (Å²) in [5.41, 5.74) is -0.128. The van der Waals surface area contributed by atoms with Crippen molar-refractivity contribution in [3.8, 4) is 0 Å². The summed E-state index contributed by atoms with van der Waals surface area (Å²) in [6.07, 6.45) is 0.212. The first kappa shape index (κ1) is 14.8. The first-order valence-corrected chi connectivity index (χ1v) is 5.69. The second-order valence-corrected chi connectivity index (χ2v) is 4.79. The number of rotatable bonds is 3. The fourth-order valence-corrected chi connectivity index (χ4v) is 1.20. The Balaban J connectivity index is 2.83. The van der Waals surface area contributed by atoms with Gasteiger partial charge in [-0.3, -0.25) is 0 Å². The number of ether oxygens (including phenoxy) is 2. The SMILES string of the molecule is CC(C)(C)OC(=O)OC(=Cc1ccccc1)C(=O)O. The predicted octanol–water partition coefficient (Wildman–Crippen LogP) is 3.06. The van der Waals surface area contributed by atoms with Gasteiger partial charge in [0, 0.05) is 0 Å². The summed E-state index contributed by atoms with van der Waals surface area (Å²) in [5, 5.41) is 8.98. The second-order valence-electron chi connectivity index (χ2n) is 4.79. The van der Waals surface area contributed by atoms with Crippen molar-refractivity contribution in [2.45, 2.75) is 26.4 Å². The molecule has 1 aromatic rings. The van der Waals surface area contributed by atoms with Crippen molar-refractivity contribution < 1.29 is 24.2 Å². The Kier molecular flexibility index (Phi) is 4.69. The molecular formula is C14H16O5. The number of hydrogen-bond acceptors (Lipinski definition) is 4. The molecule has 0 bridgehead atoms. The van der Waals surface area contributed by atoms with Gasteiger partial charge in [-0.1, -0.05) is 30.3 Å². The van der Waals surface area contributed by atoms with E-state index in [9.17, 15) is 9.59 Å². The lowest BCUT2D eigenvalue weighted by Gasteiger charge is -2.18. The molecule has 0 unspecified atom stereocenters. The molecule has 1 aromatic carbocycles. The number of carbonyl (C=O) groups is 2. The highest BCUT2D eigenvalue weighted by molar-refractivity contribution is 5.92. The molecule has 0 atom stereocenters. The van der Waals surface area contributed by atoms with Gasteiger partial charge >= 0.3 is 12.1 Å². The van der Waals surface area contributed by atoms with Crippen LogP contribution in [-0.4, -0.2) is 22.8 Å². The summed E-state index contributed by atoms with van der Waals surface area (Å²) in [6.45, 7) is 4.99. The first-order chi connectivity index (χ1) is 8.78. The molecule has 0 saturated carbocycles. The van der Waals surface area contributed by atoms with Gasteiger partial charge in [0.1, 0.15) is 5.60 Å². The molecule has 1 rings (SSSR count). The van der Waals surface area contributed by atoms with E-state index in [1.54, 1.807) is 51.1 Å². The molecule has 0 spiro atoms. The van der Waals surface area contributed by atoms with Crippen LogP contribution in [0.5, 0.6) is 0 Å². The van der Waals surface area contributed by atoms with E-state index in [2.05, 4.69) is 0 Å². The standard InChI is InChI=1S/C14H16O5/c1-14(2,3)19-13(17)18-11(12(15)16)9-10-7-5-4-6-8-10/h4-9H,1-3H3,(H,15,16). The Labute approximate surface area is 111 Å².